The van der Waals surface area contributed by atoms with Crippen LogP contribution in [-0.4, -0.2) is 49.1 Å². The van der Waals surface area contributed by atoms with Crippen molar-refractivity contribution in [2.75, 3.05) is 25.5 Å². The molecule has 3 fully saturated rings. The molecule has 6 atom stereocenters. The third kappa shape index (κ3) is 3.50. The molecule has 2 bridgehead atoms. The first-order chi connectivity index (χ1) is 13.5. The van der Waals surface area contributed by atoms with Gasteiger partial charge < -0.3 is 14.8 Å². The molecule has 28 heavy (non-hydrogen) atoms. The number of esters is 1. The SMILES string of the molecule is CC[C@H]1CN2CC[C@H]1C[C@H]2[C@H](OC(C)=O)C1CC(=O)Nc2ccc(OC)cc21. The molecule has 1 amide bonds. The van der Waals surface area contributed by atoms with Crippen LogP contribution in [-0.2, 0) is 14.3 Å². The first-order valence-corrected chi connectivity index (χ1v) is 10.4. The molecule has 4 aliphatic rings. The van der Waals surface area contributed by atoms with Crippen LogP contribution in [0.25, 0.3) is 0 Å². The number of nitrogens with zero attached hydrogens (tertiary/aromatic N) is 1. The maximum Gasteiger partial charge on any atom is 0.302 e. The highest BCUT2D eigenvalue weighted by molar-refractivity contribution is 5.95. The van der Waals surface area contributed by atoms with Gasteiger partial charge in [0.2, 0.25) is 5.91 Å². The molecule has 0 aromatic heterocycles. The maximum absolute atomic E-state index is 12.4. The number of rotatable bonds is 5. The number of anilines is 1. The van der Waals surface area contributed by atoms with E-state index in [1.54, 1.807) is 7.11 Å². The van der Waals surface area contributed by atoms with Gasteiger partial charge in [-0.25, -0.2) is 0 Å². The van der Waals surface area contributed by atoms with Crippen molar-refractivity contribution in [3.8, 4) is 5.75 Å². The molecule has 6 heteroatoms. The number of amides is 1. The number of carbonyl (C=O) groups excluding carboxylic acids is 2. The lowest BCUT2D eigenvalue weighted by Crippen LogP contribution is -2.59. The molecule has 6 nitrogen and oxygen atoms in total. The second-order valence-electron chi connectivity index (χ2n) is 8.40. The van der Waals surface area contributed by atoms with Gasteiger partial charge in [0.05, 0.1) is 7.11 Å². The minimum Gasteiger partial charge on any atom is -0.497 e. The minimum absolute atomic E-state index is 0.0257. The van der Waals surface area contributed by atoms with Crippen LogP contribution in [0.15, 0.2) is 18.2 Å². The zero-order valence-corrected chi connectivity index (χ0v) is 16.9. The van der Waals surface area contributed by atoms with E-state index in [0.717, 1.165) is 42.4 Å². The van der Waals surface area contributed by atoms with Crippen molar-refractivity contribution >= 4 is 17.6 Å². The fourth-order valence-corrected chi connectivity index (χ4v) is 5.50. The van der Waals surface area contributed by atoms with Crippen molar-refractivity contribution in [1.82, 2.24) is 4.90 Å². The summed E-state index contributed by atoms with van der Waals surface area (Å²) in [6.45, 7) is 5.84. The predicted octanol–water partition coefficient (Wildman–Crippen LogP) is 3.17. The number of methoxy groups -OCH3 is 1. The molecule has 152 valence electrons. The van der Waals surface area contributed by atoms with Crippen molar-refractivity contribution in [2.24, 2.45) is 11.8 Å². The largest absolute Gasteiger partial charge is 0.497 e. The Labute approximate surface area is 166 Å². The Kier molecular flexibility index (Phi) is 5.32. The van der Waals surface area contributed by atoms with Crippen LogP contribution in [0.4, 0.5) is 5.69 Å². The highest BCUT2D eigenvalue weighted by Gasteiger charge is 2.47. The number of hydrogen-bond donors (Lipinski definition) is 1. The molecule has 4 aliphatic heterocycles. The van der Waals surface area contributed by atoms with Crippen molar-refractivity contribution in [3.05, 3.63) is 23.8 Å². The fraction of sp³-hybridized carbons (Fsp3) is 0.636. The second kappa shape index (κ2) is 7.74. The molecular weight excluding hydrogens is 356 g/mol. The third-order valence-electron chi connectivity index (χ3n) is 6.88. The first kappa shape index (κ1) is 19.2. The lowest BCUT2D eigenvalue weighted by Gasteiger charge is -2.53. The molecule has 1 aromatic carbocycles. The maximum atomic E-state index is 12.4. The molecular formula is C22H30N2O4. The van der Waals surface area contributed by atoms with Crippen molar-refractivity contribution in [3.63, 3.8) is 0 Å². The van der Waals surface area contributed by atoms with Crippen LogP contribution in [0.1, 0.15) is 51.0 Å². The van der Waals surface area contributed by atoms with Crippen LogP contribution in [0, 0.1) is 11.8 Å². The Bertz CT molecular complexity index is 765. The average Bonchev–Trinajstić information content (AvgIpc) is 2.71. The predicted molar refractivity (Wildman–Crippen MR) is 106 cm³/mol. The van der Waals surface area contributed by atoms with Gasteiger partial charge in [-0.05, 0) is 55.0 Å². The van der Waals surface area contributed by atoms with Crippen molar-refractivity contribution < 1.29 is 19.1 Å². The third-order valence-corrected chi connectivity index (χ3v) is 6.88. The van der Waals surface area contributed by atoms with E-state index in [2.05, 4.69) is 17.1 Å². The van der Waals surface area contributed by atoms with E-state index in [0.29, 0.717) is 12.3 Å². The summed E-state index contributed by atoms with van der Waals surface area (Å²) in [6, 6.07) is 5.87. The number of ether oxygens (including phenoxy) is 2. The number of benzene rings is 1. The van der Waals surface area contributed by atoms with Gasteiger partial charge in [-0.2, -0.15) is 0 Å². The summed E-state index contributed by atoms with van der Waals surface area (Å²) in [4.78, 5) is 26.9. The first-order valence-electron chi connectivity index (χ1n) is 10.4. The van der Waals surface area contributed by atoms with Crippen LogP contribution >= 0.6 is 0 Å². The average molecular weight is 386 g/mol. The van der Waals surface area contributed by atoms with Gasteiger partial charge in [0.25, 0.3) is 0 Å². The Balaban J connectivity index is 1.69. The summed E-state index contributed by atoms with van der Waals surface area (Å²) >= 11 is 0. The summed E-state index contributed by atoms with van der Waals surface area (Å²) in [5.41, 5.74) is 1.79. The van der Waals surface area contributed by atoms with Gasteiger partial charge in [-0.1, -0.05) is 13.3 Å². The van der Waals surface area contributed by atoms with Crippen LogP contribution in [0.5, 0.6) is 5.75 Å². The quantitative estimate of drug-likeness (QED) is 0.788. The molecule has 0 saturated carbocycles. The Morgan fingerprint density at radius 1 is 1.39 bits per heavy atom. The minimum atomic E-state index is -0.324. The molecule has 3 saturated heterocycles. The van der Waals surface area contributed by atoms with E-state index in [4.69, 9.17) is 9.47 Å². The molecule has 0 aliphatic carbocycles. The normalized spacial score (nSPS) is 32.2. The fourth-order valence-electron chi connectivity index (χ4n) is 5.50. The lowest BCUT2D eigenvalue weighted by atomic mass is 9.70. The van der Waals surface area contributed by atoms with Crippen LogP contribution < -0.4 is 10.1 Å². The van der Waals surface area contributed by atoms with Gasteiger partial charge in [0.1, 0.15) is 11.9 Å². The monoisotopic (exact) mass is 386 g/mol. The highest BCUT2D eigenvalue weighted by Crippen LogP contribution is 2.45. The molecule has 1 N–H and O–H groups in total. The Hall–Kier alpha value is -2.08. The second-order valence-corrected chi connectivity index (χ2v) is 8.40. The standard InChI is InChI=1S/C22H30N2O4/c1-4-14-12-24-8-7-15(14)9-20(24)22(28-13(2)25)18-11-21(26)23-19-6-5-16(27-3)10-17(18)19/h5-6,10,14-15,18,20,22H,4,7-9,11-12H2,1-3H3,(H,23,26)/t14-,15-,18?,20-,22+/m0/s1. The molecule has 5 rings (SSSR count). The van der Waals surface area contributed by atoms with Crippen molar-refractivity contribution in [2.45, 2.75) is 57.6 Å². The Morgan fingerprint density at radius 3 is 2.86 bits per heavy atom. The zero-order chi connectivity index (χ0) is 19.8. The summed E-state index contributed by atoms with van der Waals surface area (Å²) in [6.07, 6.45) is 3.45. The molecule has 0 spiro atoms. The topological polar surface area (TPSA) is 67.9 Å². The van der Waals surface area contributed by atoms with E-state index < -0.39 is 0 Å². The van der Waals surface area contributed by atoms with Crippen molar-refractivity contribution in [1.29, 1.82) is 0 Å². The van der Waals surface area contributed by atoms with Gasteiger partial charge in [-0.15, -0.1) is 0 Å². The van der Waals surface area contributed by atoms with Crippen LogP contribution in [0.2, 0.25) is 0 Å². The summed E-state index contributed by atoms with van der Waals surface area (Å²) in [5, 5.41) is 2.95. The van der Waals surface area contributed by atoms with E-state index in [-0.39, 0.29) is 29.9 Å². The van der Waals surface area contributed by atoms with Gasteiger partial charge in [-0.3, -0.25) is 14.5 Å². The van der Waals surface area contributed by atoms with Crippen LogP contribution in [0.3, 0.4) is 0 Å². The van der Waals surface area contributed by atoms with E-state index in [9.17, 15) is 9.59 Å². The van der Waals surface area contributed by atoms with Gasteiger partial charge >= 0.3 is 5.97 Å². The summed E-state index contributed by atoms with van der Waals surface area (Å²) < 4.78 is 11.3. The van der Waals surface area contributed by atoms with E-state index in [1.165, 1.54) is 19.8 Å². The number of hydrogen-bond acceptors (Lipinski definition) is 5. The summed E-state index contributed by atoms with van der Waals surface area (Å²) in [5.74, 6) is 1.69. The highest BCUT2D eigenvalue weighted by atomic mass is 16.5. The zero-order valence-electron chi connectivity index (χ0n) is 16.9. The number of piperidine rings is 3. The molecule has 2 unspecified atom stereocenters. The number of carbonyl (C=O) groups is 2. The van der Waals surface area contributed by atoms with Gasteiger partial charge in [0, 0.05) is 37.5 Å². The van der Waals surface area contributed by atoms with E-state index in [1.807, 2.05) is 18.2 Å². The van der Waals surface area contributed by atoms with E-state index >= 15 is 0 Å². The lowest BCUT2D eigenvalue weighted by molar-refractivity contribution is -0.157. The number of nitrogens with one attached hydrogen (secondary N) is 1. The molecule has 0 radical (unpaired) electrons. The molecule has 4 heterocycles. The smallest absolute Gasteiger partial charge is 0.302 e. The molecule has 1 aromatic rings. The summed E-state index contributed by atoms with van der Waals surface area (Å²) in [7, 11) is 1.64. The Morgan fingerprint density at radius 2 is 2.21 bits per heavy atom. The van der Waals surface area contributed by atoms with Gasteiger partial charge in [0.15, 0.2) is 0 Å². The number of fused-ring (bicyclic) bond motifs is 4.